The lowest BCUT2D eigenvalue weighted by Crippen LogP contribution is -2.70. The SMILES string of the molecule is O=[N+]([O-])c1ccc(OP(=O)(O)C2(O)[C@H](O)[C@H](O)C(O)[C@H](O)[C@H]2O)cc1. The normalized spacial score (nSPS) is 38.0. The number of rotatable bonds is 4. The quantitative estimate of drug-likeness (QED) is 0.167. The summed E-state index contributed by atoms with van der Waals surface area (Å²) < 4.78 is 17.1. The third-order valence-electron chi connectivity index (χ3n) is 3.95. The van der Waals surface area contributed by atoms with Crippen LogP contribution < -0.4 is 4.52 Å². The number of nitro groups is 1. The average molecular weight is 381 g/mol. The summed E-state index contributed by atoms with van der Waals surface area (Å²) in [4.78, 5) is 19.8. The Balaban J connectivity index is 2.36. The molecular weight excluding hydrogens is 365 g/mol. The number of benzene rings is 1. The lowest BCUT2D eigenvalue weighted by Gasteiger charge is -2.47. The van der Waals surface area contributed by atoms with Gasteiger partial charge in [0.15, 0.2) is 0 Å². The molecule has 0 radical (unpaired) electrons. The third kappa shape index (κ3) is 3.14. The van der Waals surface area contributed by atoms with Crippen LogP contribution in [0.25, 0.3) is 0 Å². The lowest BCUT2D eigenvalue weighted by atomic mass is 9.84. The monoisotopic (exact) mass is 381 g/mol. The van der Waals surface area contributed by atoms with Crippen molar-refractivity contribution >= 4 is 13.3 Å². The van der Waals surface area contributed by atoms with E-state index in [2.05, 4.69) is 4.52 Å². The summed E-state index contributed by atoms with van der Waals surface area (Å²) in [5.41, 5.74) is -0.356. The fourth-order valence-electron chi connectivity index (χ4n) is 2.43. The molecule has 0 aliphatic heterocycles. The molecule has 3 unspecified atom stereocenters. The van der Waals surface area contributed by atoms with Crippen LogP contribution in [0, 0.1) is 10.1 Å². The molecule has 13 heteroatoms. The number of aliphatic hydroxyl groups excluding tert-OH is 5. The van der Waals surface area contributed by atoms with Gasteiger partial charge in [0.1, 0.15) is 36.3 Å². The third-order valence-corrected chi connectivity index (χ3v) is 5.84. The van der Waals surface area contributed by atoms with Crippen molar-refractivity contribution in [1.82, 2.24) is 0 Å². The highest BCUT2D eigenvalue weighted by Gasteiger charge is 2.68. The van der Waals surface area contributed by atoms with Crippen LogP contribution in [0.2, 0.25) is 0 Å². The molecule has 0 heterocycles. The molecule has 2 rings (SSSR count). The Morgan fingerprint density at radius 1 is 1.00 bits per heavy atom. The Bertz CT molecular complexity index is 679. The minimum atomic E-state index is -5.40. The standard InChI is InChI=1S/C12H16NO11P/c14-7-8(15)10(17)12(19,11(18)9(7)16)25(22,23)24-6-3-1-5(2-4-6)13(20)21/h1-4,7-11,14-19H,(H,22,23)/t7?,8-,9+,10-,11-,12?/m1/s1. The molecule has 1 aromatic rings. The zero-order chi connectivity index (χ0) is 19.2. The maximum Gasteiger partial charge on any atom is 0.413 e. The van der Waals surface area contributed by atoms with Crippen molar-refractivity contribution in [3.8, 4) is 5.75 Å². The van der Waals surface area contributed by atoms with Gasteiger partial charge >= 0.3 is 7.60 Å². The van der Waals surface area contributed by atoms with Crippen molar-refractivity contribution in [1.29, 1.82) is 0 Å². The van der Waals surface area contributed by atoms with Gasteiger partial charge in [-0.3, -0.25) is 10.1 Å². The number of nitro benzene ring substituents is 1. The van der Waals surface area contributed by atoms with Gasteiger partial charge in [0.25, 0.3) is 5.69 Å². The van der Waals surface area contributed by atoms with E-state index in [1.165, 1.54) is 0 Å². The molecule has 25 heavy (non-hydrogen) atoms. The van der Waals surface area contributed by atoms with Gasteiger partial charge in [0, 0.05) is 12.1 Å². The van der Waals surface area contributed by atoms with Gasteiger partial charge in [-0.15, -0.1) is 0 Å². The van der Waals surface area contributed by atoms with Crippen LogP contribution in [0.5, 0.6) is 5.75 Å². The number of hydrogen-bond acceptors (Lipinski definition) is 10. The van der Waals surface area contributed by atoms with E-state index >= 15 is 0 Å². The molecule has 140 valence electrons. The van der Waals surface area contributed by atoms with E-state index in [0.29, 0.717) is 0 Å². The predicted molar refractivity (Wildman–Crippen MR) is 78.5 cm³/mol. The van der Waals surface area contributed by atoms with Gasteiger partial charge in [0.05, 0.1) is 4.92 Å². The molecule has 0 spiro atoms. The fraction of sp³-hybridized carbons (Fsp3) is 0.500. The molecule has 0 bridgehead atoms. The van der Waals surface area contributed by atoms with E-state index in [9.17, 15) is 50.2 Å². The molecular formula is C12H16NO11P. The smallest absolute Gasteiger partial charge is 0.413 e. The Morgan fingerprint density at radius 3 is 1.84 bits per heavy atom. The minimum Gasteiger partial charge on any atom is -0.423 e. The van der Waals surface area contributed by atoms with Crippen LogP contribution in [0.15, 0.2) is 24.3 Å². The maximum atomic E-state index is 12.4. The Labute approximate surface area is 139 Å². The molecule has 7 N–H and O–H groups in total. The summed E-state index contributed by atoms with van der Waals surface area (Å²) >= 11 is 0. The topological polar surface area (TPSA) is 211 Å². The number of hydrogen-bond donors (Lipinski definition) is 7. The number of nitrogens with zero attached hydrogens (tertiary/aromatic N) is 1. The first-order valence-corrected chi connectivity index (χ1v) is 8.41. The molecule has 1 fully saturated rings. The molecule has 0 saturated heterocycles. The summed E-state index contributed by atoms with van der Waals surface area (Å²) in [5.74, 6) is -0.431. The van der Waals surface area contributed by atoms with Crippen LogP contribution in [-0.2, 0) is 4.57 Å². The Morgan fingerprint density at radius 2 is 1.44 bits per heavy atom. The van der Waals surface area contributed by atoms with Crippen molar-refractivity contribution in [2.45, 2.75) is 35.9 Å². The van der Waals surface area contributed by atoms with Gasteiger partial charge in [-0.25, -0.2) is 4.57 Å². The zero-order valence-corrected chi connectivity index (χ0v) is 13.2. The predicted octanol–water partition coefficient (Wildman–Crippen LogP) is -2.33. The lowest BCUT2D eigenvalue weighted by molar-refractivity contribution is -0.384. The maximum absolute atomic E-state index is 12.4. The van der Waals surface area contributed by atoms with Crippen LogP contribution in [0.3, 0.4) is 0 Å². The second-order valence-corrected chi connectivity index (χ2v) is 7.45. The van der Waals surface area contributed by atoms with E-state index in [1.54, 1.807) is 0 Å². The molecule has 12 nitrogen and oxygen atoms in total. The van der Waals surface area contributed by atoms with Crippen LogP contribution in [-0.4, -0.2) is 76.3 Å². The van der Waals surface area contributed by atoms with Crippen molar-refractivity contribution in [3.63, 3.8) is 0 Å². The van der Waals surface area contributed by atoms with Gasteiger partial charge in [-0.05, 0) is 12.1 Å². The van der Waals surface area contributed by atoms with Gasteiger partial charge in [-0.2, -0.15) is 0 Å². The summed E-state index contributed by atoms with van der Waals surface area (Å²) in [5, 5.41) is 65.8. The van der Waals surface area contributed by atoms with Crippen molar-refractivity contribution in [2.24, 2.45) is 0 Å². The average Bonchev–Trinajstić information content (AvgIpc) is 2.56. The first-order chi connectivity index (χ1) is 11.4. The second kappa shape index (κ2) is 6.59. The minimum absolute atomic E-state index is 0.356. The van der Waals surface area contributed by atoms with E-state index in [4.69, 9.17) is 0 Å². The van der Waals surface area contributed by atoms with E-state index in [0.717, 1.165) is 24.3 Å². The van der Waals surface area contributed by atoms with E-state index < -0.39 is 54.1 Å². The van der Waals surface area contributed by atoms with Crippen molar-refractivity contribution < 1.29 is 49.5 Å². The van der Waals surface area contributed by atoms with Crippen LogP contribution in [0.1, 0.15) is 0 Å². The summed E-state index contributed by atoms with van der Waals surface area (Å²) in [7, 11) is -5.40. The van der Waals surface area contributed by atoms with E-state index in [-0.39, 0.29) is 5.69 Å². The molecule has 0 amide bonds. The van der Waals surface area contributed by atoms with Gasteiger partial charge < -0.3 is 40.1 Å². The van der Waals surface area contributed by atoms with Gasteiger partial charge in [0.2, 0.25) is 5.34 Å². The largest absolute Gasteiger partial charge is 0.423 e. The zero-order valence-electron chi connectivity index (χ0n) is 12.4. The highest BCUT2D eigenvalue weighted by atomic mass is 31.2. The highest BCUT2D eigenvalue weighted by molar-refractivity contribution is 7.55. The highest BCUT2D eigenvalue weighted by Crippen LogP contribution is 2.59. The molecule has 0 aromatic heterocycles. The fourth-order valence-corrected chi connectivity index (χ4v) is 3.96. The Kier molecular flexibility index (Phi) is 5.19. The summed E-state index contributed by atoms with van der Waals surface area (Å²) in [6.07, 6.45) is -11.7. The molecule has 1 aliphatic rings. The van der Waals surface area contributed by atoms with Crippen molar-refractivity contribution in [3.05, 3.63) is 34.4 Å². The van der Waals surface area contributed by atoms with Gasteiger partial charge in [-0.1, -0.05) is 0 Å². The first kappa shape index (κ1) is 19.7. The first-order valence-electron chi connectivity index (χ1n) is 6.83. The summed E-state index contributed by atoms with van der Waals surface area (Å²) in [6.45, 7) is 0. The molecule has 7 atom stereocenters. The number of non-ortho nitro benzene ring substituents is 1. The van der Waals surface area contributed by atoms with Crippen LogP contribution in [0.4, 0.5) is 5.69 Å². The summed E-state index contributed by atoms with van der Waals surface area (Å²) in [6, 6.07) is 3.71. The van der Waals surface area contributed by atoms with E-state index in [1.807, 2.05) is 0 Å². The Hall–Kier alpha value is -1.63. The van der Waals surface area contributed by atoms with Crippen molar-refractivity contribution in [2.75, 3.05) is 0 Å². The second-order valence-electron chi connectivity index (χ2n) is 5.51. The van der Waals surface area contributed by atoms with Crippen LogP contribution >= 0.6 is 7.60 Å². The molecule has 1 saturated carbocycles. The number of aliphatic hydroxyl groups is 6. The molecule has 1 aliphatic carbocycles. The molecule has 1 aromatic carbocycles.